The van der Waals surface area contributed by atoms with E-state index in [0.717, 1.165) is 12.1 Å². The number of ketones is 1. The number of carbonyl (C=O) groups excluding carboxylic acids is 2. The van der Waals surface area contributed by atoms with Crippen LogP contribution in [-0.4, -0.2) is 28.4 Å². The normalized spacial score (nSPS) is 12.6. The minimum atomic E-state index is -1.45. The standard InChI is InChI=1S/C15H17FO5/c1-15(2,3)21-14(20)11(8-12(17)18)13(19)9-4-6-10(16)7-5-9/h4-7,11H,8H2,1-3H3,(H,17,18). The van der Waals surface area contributed by atoms with Crippen molar-refractivity contribution in [2.24, 2.45) is 5.92 Å². The summed E-state index contributed by atoms with van der Waals surface area (Å²) < 4.78 is 17.9. The number of carbonyl (C=O) groups is 3. The summed E-state index contributed by atoms with van der Waals surface area (Å²) in [4.78, 5) is 35.1. The molecule has 0 aliphatic rings. The number of halogens is 1. The van der Waals surface area contributed by atoms with Crippen LogP contribution in [0.2, 0.25) is 0 Å². The molecule has 1 N–H and O–H groups in total. The first-order chi connectivity index (χ1) is 9.60. The van der Waals surface area contributed by atoms with Crippen molar-refractivity contribution in [3.63, 3.8) is 0 Å². The van der Waals surface area contributed by atoms with Crippen molar-refractivity contribution in [1.82, 2.24) is 0 Å². The molecule has 1 unspecified atom stereocenters. The van der Waals surface area contributed by atoms with Crippen LogP contribution in [0.1, 0.15) is 37.6 Å². The largest absolute Gasteiger partial charge is 0.481 e. The number of hydrogen-bond donors (Lipinski definition) is 1. The minimum absolute atomic E-state index is 0.0634. The number of benzene rings is 1. The summed E-state index contributed by atoms with van der Waals surface area (Å²) >= 11 is 0. The molecule has 0 saturated carbocycles. The molecule has 21 heavy (non-hydrogen) atoms. The predicted molar refractivity (Wildman–Crippen MR) is 72.3 cm³/mol. The fraction of sp³-hybridized carbons (Fsp3) is 0.400. The van der Waals surface area contributed by atoms with Gasteiger partial charge in [-0.05, 0) is 45.0 Å². The molecule has 1 rings (SSSR count). The van der Waals surface area contributed by atoms with E-state index in [1.54, 1.807) is 20.8 Å². The van der Waals surface area contributed by atoms with Gasteiger partial charge in [-0.2, -0.15) is 0 Å². The Hall–Kier alpha value is -2.24. The fourth-order valence-electron chi connectivity index (χ4n) is 1.65. The average Bonchev–Trinajstić information content (AvgIpc) is 2.33. The van der Waals surface area contributed by atoms with Gasteiger partial charge in [-0.25, -0.2) is 4.39 Å². The van der Waals surface area contributed by atoms with Crippen LogP contribution < -0.4 is 0 Å². The van der Waals surface area contributed by atoms with E-state index < -0.39 is 41.5 Å². The van der Waals surface area contributed by atoms with Crippen LogP contribution in [0.4, 0.5) is 4.39 Å². The molecule has 0 aliphatic heterocycles. The lowest BCUT2D eigenvalue weighted by Crippen LogP contribution is -2.34. The van der Waals surface area contributed by atoms with E-state index in [9.17, 15) is 18.8 Å². The van der Waals surface area contributed by atoms with Gasteiger partial charge in [0, 0.05) is 5.56 Å². The molecule has 0 heterocycles. The number of carboxylic acids is 1. The van der Waals surface area contributed by atoms with E-state index in [0.29, 0.717) is 0 Å². The van der Waals surface area contributed by atoms with Crippen LogP contribution in [0.15, 0.2) is 24.3 Å². The number of hydrogen-bond acceptors (Lipinski definition) is 4. The van der Waals surface area contributed by atoms with Gasteiger partial charge in [0.15, 0.2) is 5.78 Å². The Balaban J connectivity index is 3.01. The third-order valence-corrected chi connectivity index (χ3v) is 2.52. The maximum atomic E-state index is 12.8. The summed E-state index contributed by atoms with van der Waals surface area (Å²) in [6.07, 6.45) is -0.675. The lowest BCUT2D eigenvalue weighted by Gasteiger charge is -2.22. The summed E-state index contributed by atoms with van der Waals surface area (Å²) in [7, 11) is 0. The molecule has 1 atom stereocenters. The number of esters is 1. The molecule has 1 aromatic carbocycles. The van der Waals surface area contributed by atoms with E-state index in [4.69, 9.17) is 9.84 Å². The molecule has 0 amide bonds. The van der Waals surface area contributed by atoms with Gasteiger partial charge in [-0.3, -0.25) is 14.4 Å². The molecule has 0 aromatic heterocycles. The quantitative estimate of drug-likeness (QED) is 0.513. The van der Waals surface area contributed by atoms with Crippen LogP contribution in [0.25, 0.3) is 0 Å². The van der Waals surface area contributed by atoms with Crippen molar-refractivity contribution in [2.45, 2.75) is 32.8 Å². The summed E-state index contributed by atoms with van der Waals surface area (Å²) in [5.41, 5.74) is -0.773. The summed E-state index contributed by atoms with van der Waals surface area (Å²) in [5, 5.41) is 8.85. The molecular weight excluding hydrogens is 279 g/mol. The Bertz CT molecular complexity index is 542. The molecule has 0 radical (unpaired) electrons. The molecule has 0 saturated heterocycles. The van der Waals surface area contributed by atoms with Gasteiger partial charge in [0.1, 0.15) is 17.3 Å². The Morgan fingerprint density at radius 2 is 1.71 bits per heavy atom. The van der Waals surface area contributed by atoms with Crippen LogP contribution in [0.3, 0.4) is 0 Å². The molecule has 0 aliphatic carbocycles. The predicted octanol–water partition coefficient (Wildman–Crippen LogP) is 2.44. The molecule has 114 valence electrons. The number of Topliss-reactive ketones (excluding diaryl/α,β-unsaturated/α-hetero) is 1. The molecule has 5 nitrogen and oxygen atoms in total. The number of ether oxygens (including phenoxy) is 1. The van der Waals surface area contributed by atoms with Gasteiger partial charge >= 0.3 is 11.9 Å². The molecular formula is C15H17FO5. The monoisotopic (exact) mass is 296 g/mol. The Labute approximate surface area is 121 Å². The molecule has 0 fully saturated rings. The molecule has 0 spiro atoms. The number of rotatable bonds is 5. The molecule has 1 aromatic rings. The SMILES string of the molecule is CC(C)(C)OC(=O)C(CC(=O)O)C(=O)c1ccc(F)cc1. The Morgan fingerprint density at radius 3 is 2.14 bits per heavy atom. The lowest BCUT2D eigenvalue weighted by molar-refractivity contribution is -0.160. The summed E-state index contributed by atoms with van der Waals surface area (Å²) in [6.45, 7) is 4.85. The van der Waals surface area contributed by atoms with Crippen molar-refractivity contribution in [1.29, 1.82) is 0 Å². The average molecular weight is 296 g/mol. The maximum Gasteiger partial charge on any atom is 0.317 e. The van der Waals surface area contributed by atoms with E-state index in [1.807, 2.05) is 0 Å². The van der Waals surface area contributed by atoms with Crippen LogP contribution in [-0.2, 0) is 14.3 Å². The zero-order chi connectivity index (χ0) is 16.2. The maximum absolute atomic E-state index is 12.8. The van der Waals surface area contributed by atoms with Gasteiger partial charge in [0.25, 0.3) is 0 Å². The number of carboxylic acid groups (broad SMARTS) is 1. The molecule has 6 heteroatoms. The van der Waals surface area contributed by atoms with Crippen LogP contribution in [0.5, 0.6) is 0 Å². The number of aliphatic carboxylic acids is 1. The highest BCUT2D eigenvalue weighted by Gasteiger charge is 2.33. The van der Waals surface area contributed by atoms with E-state index >= 15 is 0 Å². The van der Waals surface area contributed by atoms with Crippen molar-refractivity contribution >= 4 is 17.7 Å². The fourth-order valence-corrected chi connectivity index (χ4v) is 1.65. The third kappa shape index (κ3) is 5.33. The minimum Gasteiger partial charge on any atom is -0.481 e. The van der Waals surface area contributed by atoms with Crippen molar-refractivity contribution < 1.29 is 28.6 Å². The van der Waals surface area contributed by atoms with Gasteiger partial charge in [-0.15, -0.1) is 0 Å². The Kier molecular flexibility index (Phi) is 5.18. The first kappa shape index (κ1) is 16.8. The van der Waals surface area contributed by atoms with E-state index in [1.165, 1.54) is 12.1 Å². The van der Waals surface area contributed by atoms with Gasteiger partial charge in [0.05, 0.1) is 6.42 Å². The second kappa shape index (κ2) is 6.47. The van der Waals surface area contributed by atoms with Gasteiger partial charge in [0.2, 0.25) is 0 Å². The van der Waals surface area contributed by atoms with Crippen molar-refractivity contribution in [3.8, 4) is 0 Å². The summed E-state index contributed by atoms with van der Waals surface area (Å²) in [6, 6.07) is 4.55. The van der Waals surface area contributed by atoms with E-state index in [-0.39, 0.29) is 5.56 Å². The lowest BCUT2D eigenvalue weighted by atomic mass is 9.94. The van der Waals surface area contributed by atoms with E-state index in [2.05, 4.69) is 0 Å². The van der Waals surface area contributed by atoms with Crippen molar-refractivity contribution in [2.75, 3.05) is 0 Å². The first-order valence-corrected chi connectivity index (χ1v) is 6.34. The van der Waals surface area contributed by atoms with Gasteiger partial charge in [-0.1, -0.05) is 0 Å². The first-order valence-electron chi connectivity index (χ1n) is 6.34. The highest BCUT2D eigenvalue weighted by atomic mass is 19.1. The van der Waals surface area contributed by atoms with Crippen molar-refractivity contribution in [3.05, 3.63) is 35.6 Å². The smallest absolute Gasteiger partial charge is 0.317 e. The Morgan fingerprint density at radius 1 is 1.19 bits per heavy atom. The molecule has 0 bridgehead atoms. The van der Waals surface area contributed by atoms with Gasteiger partial charge < -0.3 is 9.84 Å². The summed E-state index contributed by atoms with van der Waals surface area (Å²) in [5.74, 6) is -4.88. The second-order valence-corrected chi connectivity index (χ2v) is 5.56. The highest BCUT2D eigenvalue weighted by Crippen LogP contribution is 2.19. The zero-order valence-corrected chi connectivity index (χ0v) is 12.1. The third-order valence-electron chi connectivity index (χ3n) is 2.52. The zero-order valence-electron chi connectivity index (χ0n) is 12.1. The van der Waals surface area contributed by atoms with Crippen LogP contribution >= 0.6 is 0 Å². The highest BCUT2D eigenvalue weighted by molar-refractivity contribution is 6.10. The van der Waals surface area contributed by atoms with Crippen LogP contribution in [0, 0.1) is 11.7 Å². The second-order valence-electron chi connectivity index (χ2n) is 5.56. The topological polar surface area (TPSA) is 80.7 Å².